The maximum absolute atomic E-state index is 8.52. The molecule has 0 radical (unpaired) electrons. The lowest BCUT2D eigenvalue weighted by molar-refractivity contribution is -0.0354. The van der Waals surface area contributed by atoms with E-state index in [-0.39, 0.29) is 17.2 Å². The molecule has 6 atom stereocenters. The van der Waals surface area contributed by atoms with E-state index >= 15 is 0 Å². The topological polar surface area (TPSA) is 94.9 Å². The molecule has 0 aromatic heterocycles. The van der Waals surface area contributed by atoms with E-state index < -0.39 is 8.32 Å². The fraction of sp³-hybridized carbons (Fsp3) is 0.818. The molecular formula is C33H55N3O5Si. The van der Waals surface area contributed by atoms with E-state index in [1.807, 2.05) is 0 Å². The minimum atomic E-state index is -1.85. The fourth-order valence-corrected chi connectivity index (χ4v) is 9.28. The number of nitrogens with zero attached hydrogens (tertiary/aromatic N) is 3. The smallest absolute Gasteiger partial charge is 0.192 e. The molecule has 0 bridgehead atoms. The minimum Gasteiger partial charge on any atom is -0.468 e. The molecule has 8 nitrogen and oxygen atoms in total. The number of fused-ring (bicyclic) bond motifs is 5. The number of ether oxygens (including phenoxy) is 4. The van der Waals surface area contributed by atoms with Gasteiger partial charge in [0.05, 0.1) is 25.9 Å². The van der Waals surface area contributed by atoms with E-state index in [0.717, 1.165) is 25.0 Å². The molecule has 1 aromatic carbocycles. The first-order valence-corrected chi connectivity index (χ1v) is 19.0. The Hall–Kier alpha value is -1.61. The van der Waals surface area contributed by atoms with Gasteiger partial charge in [-0.05, 0) is 121 Å². The third kappa shape index (κ3) is 7.53. The zero-order valence-electron chi connectivity index (χ0n) is 27.2. The van der Waals surface area contributed by atoms with Crippen LogP contribution in [0.15, 0.2) is 23.3 Å². The molecule has 0 N–H and O–H groups in total. The molecule has 0 aliphatic heterocycles. The highest BCUT2D eigenvalue weighted by molar-refractivity contribution is 6.74. The highest BCUT2D eigenvalue weighted by Crippen LogP contribution is 2.64. The molecule has 236 valence electrons. The molecule has 3 aliphatic rings. The summed E-state index contributed by atoms with van der Waals surface area (Å²) in [5.41, 5.74) is 11.7. The predicted molar refractivity (Wildman–Crippen MR) is 169 cm³/mol. The second kappa shape index (κ2) is 14.4. The van der Waals surface area contributed by atoms with Crippen LogP contribution in [0, 0.1) is 23.2 Å². The number of hydrogen-bond acceptors (Lipinski definition) is 6. The van der Waals surface area contributed by atoms with Crippen molar-refractivity contribution in [1.29, 1.82) is 0 Å². The normalized spacial score (nSPS) is 28.9. The van der Waals surface area contributed by atoms with Gasteiger partial charge in [0.1, 0.15) is 5.75 Å². The molecular weight excluding hydrogens is 546 g/mol. The Morgan fingerprint density at radius 2 is 1.88 bits per heavy atom. The molecule has 42 heavy (non-hydrogen) atoms. The Morgan fingerprint density at radius 3 is 2.62 bits per heavy atom. The van der Waals surface area contributed by atoms with Crippen LogP contribution in [-0.4, -0.2) is 61.3 Å². The van der Waals surface area contributed by atoms with Crippen molar-refractivity contribution in [2.75, 3.05) is 46.9 Å². The van der Waals surface area contributed by atoms with E-state index in [9.17, 15) is 0 Å². The summed E-state index contributed by atoms with van der Waals surface area (Å²) in [6.07, 6.45) is 8.53. The van der Waals surface area contributed by atoms with Gasteiger partial charge >= 0.3 is 0 Å². The molecule has 2 fully saturated rings. The van der Waals surface area contributed by atoms with Crippen molar-refractivity contribution >= 4 is 8.32 Å². The average molecular weight is 602 g/mol. The van der Waals surface area contributed by atoms with Crippen molar-refractivity contribution in [3.63, 3.8) is 0 Å². The third-order valence-electron chi connectivity index (χ3n) is 11.0. The third-order valence-corrected chi connectivity index (χ3v) is 15.5. The maximum atomic E-state index is 8.52. The summed E-state index contributed by atoms with van der Waals surface area (Å²) in [7, 11) is -0.180. The van der Waals surface area contributed by atoms with E-state index in [2.05, 4.69) is 69.0 Å². The minimum absolute atomic E-state index is 0.220. The van der Waals surface area contributed by atoms with Crippen LogP contribution in [0.25, 0.3) is 10.4 Å². The molecule has 3 aliphatic carbocycles. The number of hydrogen-bond donors (Lipinski definition) is 0. The van der Waals surface area contributed by atoms with Crippen LogP contribution >= 0.6 is 0 Å². The molecule has 0 heterocycles. The SMILES string of the molecule is COCCOCOc1ccc2c(c1)C[C@@H](CCCOCCN=[N+]=[N-])[C@@H]1[C@@H]2CC[C@]2(C)[C@@H](O[Si](C)(C)C(C)(C)C)CC[C@@H]12. The lowest BCUT2D eigenvalue weighted by atomic mass is 9.52. The van der Waals surface area contributed by atoms with Crippen LogP contribution in [0.4, 0.5) is 0 Å². The summed E-state index contributed by atoms with van der Waals surface area (Å²) in [5.74, 6) is 3.42. The zero-order chi connectivity index (χ0) is 30.4. The first kappa shape index (κ1) is 33.3. The molecule has 1 aromatic rings. The molecule has 0 spiro atoms. The quantitative estimate of drug-likeness (QED) is 0.0504. The van der Waals surface area contributed by atoms with Crippen LogP contribution < -0.4 is 4.74 Å². The zero-order valence-corrected chi connectivity index (χ0v) is 28.2. The van der Waals surface area contributed by atoms with E-state index in [4.69, 9.17) is 28.9 Å². The van der Waals surface area contributed by atoms with Gasteiger partial charge in [-0.1, -0.05) is 38.9 Å². The van der Waals surface area contributed by atoms with Crippen LogP contribution in [-0.2, 0) is 25.1 Å². The lowest BCUT2D eigenvalue weighted by Gasteiger charge is -2.54. The van der Waals surface area contributed by atoms with Crippen LogP contribution in [0.3, 0.4) is 0 Å². The van der Waals surface area contributed by atoms with E-state index in [1.54, 1.807) is 7.11 Å². The largest absolute Gasteiger partial charge is 0.468 e. The Labute approximate surface area is 254 Å². The summed E-state index contributed by atoms with van der Waals surface area (Å²) in [6.45, 7) is 17.4. The van der Waals surface area contributed by atoms with E-state index in [1.165, 1.54) is 36.8 Å². The van der Waals surface area contributed by atoms with Gasteiger partial charge in [-0.2, -0.15) is 0 Å². The van der Waals surface area contributed by atoms with Gasteiger partial charge in [0, 0.05) is 25.2 Å². The van der Waals surface area contributed by atoms with Crippen molar-refractivity contribution in [3.05, 3.63) is 39.8 Å². The Bertz CT molecular complexity index is 1070. The number of rotatable bonds is 15. The Kier molecular flexibility index (Phi) is 11.4. The summed E-state index contributed by atoms with van der Waals surface area (Å²) in [6, 6.07) is 6.74. The average Bonchev–Trinajstić information content (AvgIpc) is 3.26. The molecule has 0 saturated heterocycles. The van der Waals surface area contributed by atoms with Crippen molar-refractivity contribution in [3.8, 4) is 5.75 Å². The highest BCUT2D eigenvalue weighted by atomic mass is 28.4. The molecule has 0 amide bonds. The second-order valence-electron chi connectivity index (χ2n) is 14.5. The fourth-order valence-electron chi connectivity index (χ4n) is 7.83. The second-order valence-corrected chi connectivity index (χ2v) is 19.2. The van der Waals surface area contributed by atoms with Gasteiger partial charge in [0.2, 0.25) is 0 Å². The van der Waals surface area contributed by atoms with Gasteiger partial charge in [0.15, 0.2) is 15.1 Å². The van der Waals surface area contributed by atoms with Crippen LogP contribution in [0.5, 0.6) is 5.75 Å². The highest BCUT2D eigenvalue weighted by Gasteiger charge is 2.58. The number of benzene rings is 1. The van der Waals surface area contributed by atoms with Crippen LogP contribution in [0.1, 0.15) is 83.3 Å². The standard InChI is InChI=1S/C33H55N3O5Si/c1-32(2,3)42(6,7)41-30-13-12-29-31-24(9-8-17-38-18-16-35-36-34)21-25-22-26(40-23-39-20-19-37-5)10-11-27(25)28(31)14-15-33(29,30)4/h10-11,22,24,28-31H,8-9,12-21,23H2,1-7H3/t24-,28-,29+,30+,31-,33+/m1/s1. The molecule has 2 saturated carbocycles. The van der Waals surface area contributed by atoms with Crippen molar-refractivity contribution in [2.24, 2.45) is 28.3 Å². The van der Waals surface area contributed by atoms with Gasteiger partial charge in [0.25, 0.3) is 0 Å². The Morgan fingerprint density at radius 1 is 1.07 bits per heavy atom. The summed E-state index contributed by atoms with van der Waals surface area (Å²) in [5, 5.41) is 3.81. The van der Waals surface area contributed by atoms with Gasteiger partial charge in [-0.25, -0.2) is 0 Å². The van der Waals surface area contributed by atoms with Crippen LogP contribution in [0.2, 0.25) is 18.1 Å². The molecule has 9 heteroatoms. The monoisotopic (exact) mass is 601 g/mol. The first-order valence-electron chi connectivity index (χ1n) is 16.1. The lowest BCUT2D eigenvalue weighted by Crippen LogP contribution is -2.51. The summed E-state index contributed by atoms with van der Waals surface area (Å²) < 4.78 is 29.6. The molecule has 0 unspecified atom stereocenters. The van der Waals surface area contributed by atoms with Gasteiger partial charge in [-0.15, -0.1) is 0 Å². The number of methoxy groups -OCH3 is 1. The van der Waals surface area contributed by atoms with Crippen molar-refractivity contribution in [2.45, 2.75) is 103 Å². The van der Waals surface area contributed by atoms with Crippen molar-refractivity contribution in [1.82, 2.24) is 0 Å². The number of azide groups is 1. The first-order chi connectivity index (χ1) is 20.0. The van der Waals surface area contributed by atoms with E-state index in [0.29, 0.717) is 62.7 Å². The van der Waals surface area contributed by atoms with Crippen molar-refractivity contribution < 1.29 is 23.4 Å². The molecule has 4 rings (SSSR count). The maximum Gasteiger partial charge on any atom is 0.192 e. The Balaban J connectivity index is 1.52. The van der Waals surface area contributed by atoms with Gasteiger partial charge in [-0.3, -0.25) is 0 Å². The summed E-state index contributed by atoms with van der Waals surface area (Å²) >= 11 is 0. The predicted octanol–water partition coefficient (Wildman–Crippen LogP) is 8.27. The van der Waals surface area contributed by atoms with Gasteiger partial charge < -0.3 is 23.4 Å². The summed E-state index contributed by atoms with van der Waals surface area (Å²) in [4.78, 5) is 2.82.